The van der Waals surface area contributed by atoms with Gasteiger partial charge < -0.3 is 10.5 Å². The second-order valence-corrected chi connectivity index (χ2v) is 5.87. The van der Waals surface area contributed by atoms with E-state index in [2.05, 4.69) is 15.9 Å². The molecule has 0 heterocycles. The van der Waals surface area contributed by atoms with E-state index in [1.165, 1.54) is 0 Å². The van der Waals surface area contributed by atoms with Crippen LogP contribution in [0.25, 0.3) is 0 Å². The van der Waals surface area contributed by atoms with Gasteiger partial charge in [0.15, 0.2) is 0 Å². The van der Waals surface area contributed by atoms with Crippen molar-refractivity contribution in [3.63, 3.8) is 0 Å². The predicted octanol–water partition coefficient (Wildman–Crippen LogP) is 4.20. The average Bonchev–Trinajstić information content (AvgIpc) is 2.41. The lowest BCUT2D eigenvalue weighted by Crippen LogP contribution is -2.18. The first-order chi connectivity index (χ1) is 9.95. The lowest BCUT2D eigenvalue weighted by atomic mass is 10.1. The van der Waals surface area contributed by atoms with Gasteiger partial charge in [0.05, 0.1) is 0 Å². The Morgan fingerprint density at radius 3 is 2.62 bits per heavy atom. The molecule has 0 aliphatic rings. The van der Waals surface area contributed by atoms with Gasteiger partial charge in [0.25, 0.3) is 0 Å². The molecule has 2 nitrogen and oxygen atoms in total. The van der Waals surface area contributed by atoms with E-state index in [9.17, 15) is 8.78 Å². The number of benzene rings is 2. The fraction of sp³-hybridized carbons (Fsp3) is 0.250. The first-order valence-corrected chi connectivity index (χ1v) is 7.35. The maximum Gasteiger partial charge on any atom is 0.130 e. The van der Waals surface area contributed by atoms with Crippen LogP contribution in [0.2, 0.25) is 0 Å². The fourth-order valence-corrected chi connectivity index (χ4v) is 2.41. The minimum Gasteiger partial charge on any atom is -0.489 e. The Balaban J connectivity index is 2.17. The molecule has 0 aliphatic carbocycles. The number of hydrogen-bond donors (Lipinski definition) is 1. The van der Waals surface area contributed by atoms with Gasteiger partial charge >= 0.3 is 0 Å². The molecule has 0 amide bonds. The number of hydrogen-bond acceptors (Lipinski definition) is 2. The lowest BCUT2D eigenvalue weighted by Gasteiger charge is -2.14. The van der Waals surface area contributed by atoms with Crippen molar-refractivity contribution in [3.05, 3.63) is 63.6 Å². The molecule has 2 N–H and O–H groups in total. The molecule has 21 heavy (non-hydrogen) atoms. The first-order valence-electron chi connectivity index (χ1n) is 6.56. The molecule has 5 heteroatoms. The van der Waals surface area contributed by atoms with Crippen LogP contribution in [0.5, 0.6) is 5.75 Å². The standard InChI is InChI=1S/C16H16BrF2NO/c1-10(20)6-11-7-13(17)2-5-16(11)21-9-12-8-14(18)3-4-15(12)19/h2-5,7-8,10H,6,9,20H2,1H3. The maximum atomic E-state index is 13.6. The van der Waals surface area contributed by atoms with Gasteiger partial charge in [-0.1, -0.05) is 15.9 Å². The third-order valence-corrected chi connectivity index (χ3v) is 3.45. The zero-order valence-corrected chi connectivity index (χ0v) is 13.2. The smallest absolute Gasteiger partial charge is 0.130 e. The van der Waals surface area contributed by atoms with Crippen molar-refractivity contribution in [2.24, 2.45) is 5.73 Å². The molecule has 0 saturated heterocycles. The zero-order chi connectivity index (χ0) is 15.4. The van der Waals surface area contributed by atoms with Crippen LogP contribution in [-0.4, -0.2) is 6.04 Å². The molecule has 112 valence electrons. The van der Waals surface area contributed by atoms with Crippen LogP contribution < -0.4 is 10.5 Å². The lowest BCUT2D eigenvalue weighted by molar-refractivity contribution is 0.295. The third-order valence-electron chi connectivity index (χ3n) is 2.96. The summed E-state index contributed by atoms with van der Waals surface area (Å²) in [5.41, 5.74) is 6.93. The zero-order valence-electron chi connectivity index (χ0n) is 11.6. The molecule has 0 spiro atoms. The quantitative estimate of drug-likeness (QED) is 0.872. The van der Waals surface area contributed by atoms with Crippen molar-refractivity contribution in [2.45, 2.75) is 26.0 Å². The molecular formula is C16H16BrF2NO. The van der Waals surface area contributed by atoms with E-state index in [0.29, 0.717) is 12.2 Å². The minimum absolute atomic E-state index is 0.0208. The second kappa shape index (κ2) is 7.00. The molecule has 0 aromatic heterocycles. The van der Waals surface area contributed by atoms with Crippen molar-refractivity contribution >= 4 is 15.9 Å². The number of ether oxygens (including phenoxy) is 1. The fourth-order valence-electron chi connectivity index (χ4n) is 2.00. The summed E-state index contributed by atoms with van der Waals surface area (Å²) in [4.78, 5) is 0. The van der Waals surface area contributed by atoms with Crippen molar-refractivity contribution < 1.29 is 13.5 Å². The Kier molecular flexibility index (Phi) is 5.31. The second-order valence-electron chi connectivity index (χ2n) is 4.96. The van der Waals surface area contributed by atoms with Gasteiger partial charge in [0, 0.05) is 16.1 Å². The predicted molar refractivity (Wildman–Crippen MR) is 82.2 cm³/mol. The molecule has 0 saturated carbocycles. The molecule has 1 unspecified atom stereocenters. The highest BCUT2D eigenvalue weighted by Gasteiger charge is 2.10. The van der Waals surface area contributed by atoms with Crippen molar-refractivity contribution in [3.8, 4) is 5.75 Å². The summed E-state index contributed by atoms with van der Waals surface area (Å²) in [5.74, 6) is -0.344. The van der Waals surface area contributed by atoms with Gasteiger partial charge in [-0.2, -0.15) is 0 Å². The van der Waals surface area contributed by atoms with Crippen molar-refractivity contribution in [1.29, 1.82) is 0 Å². The van der Waals surface area contributed by atoms with E-state index < -0.39 is 11.6 Å². The van der Waals surface area contributed by atoms with Gasteiger partial charge in [-0.25, -0.2) is 8.78 Å². The molecular weight excluding hydrogens is 340 g/mol. The van der Waals surface area contributed by atoms with E-state index in [4.69, 9.17) is 10.5 Å². The summed E-state index contributed by atoms with van der Waals surface area (Å²) in [6, 6.07) is 8.84. The first kappa shape index (κ1) is 15.9. The number of rotatable bonds is 5. The van der Waals surface area contributed by atoms with E-state index >= 15 is 0 Å². The summed E-state index contributed by atoms with van der Waals surface area (Å²) in [5, 5.41) is 0. The average molecular weight is 356 g/mol. The van der Waals surface area contributed by atoms with Crippen LogP contribution in [-0.2, 0) is 13.0 Å². The summed E-state index contributed by atoms with van der Waals surface area (Å²) < 4.78 is 33.3. The van der Waals surface area contributed by atoms with E-state index in [1.54, 1.807) is 6.07 Å². The summed E-state index contributed by atoms with van der Waals surface area (Å²) >= 11 is 3.40. The summed E-state index contributed by atoms with van der Waals surface area (Å²) in [7, 11) is 0. The summed E-state index contributed by atoms with van der Waals surface area (Å²) in [6.07, 6.45) is 0.639. The molecule has 0 aliphatic heterocycles. The Bertz CT molecular complexity index is 632. The van der Waals surface area contributed by atoms with Crippen LogP contribution in [0.15, 0.2) is 40.9 Å². The topological polar surface area (TPSA) is 35.2 Å². The van der Waals surface area contributed by atoms with Gasteiger partial charge in [-0.3, -0.25) is 0 Å². The molecule has 1 atom stereocenters. The van der Waals surface area contributed by atoms with Crippen LogP contribution in [0.4, 0.5) is 8.78 Å². The molecule has 2 aromatic rings. The highest BCUT2D eigenvalue weighted by molar-refractivity contribution is 9.10. The normalized spacial score (nSPS) is 12.2. The molecule has 0 bridgehead atoms. The highest BCUT2D eigenvalue weighted by atomic mass is 79.9. The maximum absolute atomic E-state index is 13.6. The Morgan fingerprint density at radius 2 is 1.90 bits per heavy atom. The Labute approximate surface area is 131 Å². The highest BCUT2D eigenvalue weighted by Crippen LogP contribution is 2.25. The van der Waals surface area contributed by atoms with Crippen LogP contribution in [0.1, 0.15) is 18.1 Å². The molecule has 2 rings (SSSR count). The summed E-state index contributed by atoms with van der Waals surface area (Å²) in [6.45, 7) is 1.87. The molecule has 0 radical (unpaired) electrons. The largest absolute Gasteiger partial charge is 0.489 e. The van der Waals surface area contributed by atoms with E-state index in [1.807, 2.05) is 19.1 Å². The molecule has 2 aromatic carbocycles. The van der Waals surface area contributed by atoms with Gasteiger partial charge in [0.1, 0.15) is 24.0 Å². The molecule has 0 fully saturated rings. The van der Waals surface area contributed by atoms with Crippen LogP contribution in [0, 0.1) is 11.6 Å². The van der Waals surface area contributed by atoms with Crippen molar-refractivity contribution in [2.75, 3.05) is 0 Å². The SMILES string of the molecule is CC(N)Cc1cc(Br)ccc1OCc1cc(F)ccc1F. The number of halogens is 3. The van der Waals surface area contributed by atoms with Crippen LogP contribution in [0.3, 0.4) is 0 Å². The van der Waals surface area contributed by atoms with E-state index in [0.717, 1.165) is 28.2 Å². The van der Waals surface area contributed by atoms with E-state index in [-0.39, 0.29) is 18.2 Å². The number of nitrogens with two attached hydrogens (primary N) is 1. The van der Waals surface area contributed by atoms with Gasteiger partial charge in [-0.15, -0.1) is 0 Å². The Morgan fingerprint density at radius 1 is 1.14 bits per heavy atom. The monoisotopic (exact) mass is 355 g/mol. The van der Waals surface area contributed by atoms with Gasteiger partial charge in [0.2, 0.25) is 0 Å². The minimum atomic E-state index is -0.485. The Hall–Kier alpha value is -1.46. The van der Waals surface area contributed by atoms with Crippen LogP contribution >= 0.6 is 15.9 Å². The third kappa shape index (κ3) is 4.51. The van der Waals surface area contributed by atoms with Crippen molar-refractivity contribution in [1.82, 2.24) is 0 Å². The van der Waals surface area contributed by atoms with Gasteiger partial charge in [-0.05, 0) is 55.3 Å².